The molecule has 0 aliphatic carbocycles. The Morgan fingerprint density at radius 3 is 2.72 bits per heavy atom. The van der Waals surface area contributed by atoms with Gasteiger partial charge in [0.15, 0.2) is 14.9 Å². The third kappa shape index (κ3) is 4.50. The molecule has 1 aromatic rings. The van der Waals surface area contributed by atoms with E-state index in [-0.39, 0.29) is 11.4 Å². The van der Waals surface area contributed by atoms with Crippen LogP contribution in [0.5, 0.6) is 0 Å². The van der Waals surface area contributed by atoms with E-state index in [9.17, 15) is 18.0 Å². The molecule has 1 aromatic heterocycles. The summed E-state index contributed by atoms with van der Waals surface area (Å²) in [5.74, 6) is -0.569. The summed E-state index contributed by atoms with van der Waals surface area (Å²) in [7, 11) is -3.39. The molecule has 0 aromatic carbocycles. The lowest BCUT2D eigenvalue weighted by molar-refractivity contribution is -0.119. The second kappa shape index (κ2) is 5.58. The van der Waals surface area contributed by atoms with Crippen LogP contribution in [0.25, 0.3) is 0 Å². The Morgan fingerprint density at radius 2 is 2.17 bits per heavy atom. The average Bonchev–Trinajstić information content (AvgIpc) is 2.25. The van der Waals surface area contributed by atoms with Gasteiger partial charge in [-0.05, 0) is 17.7 Å². The number of nitrogens with two attached hydrogens (primary N) is 1. The molecule has 8 heteroatoms. The van der Waals surface area contributed by atoms with E-state index < -0.39 is 21.8 Å². The largest absolute Gasteiger partial charge is 0.351 e. The molecule has 0 saturated carbocycles. The van der Waals surface area contributed by atoms with Gasteiger partial charge in [-0.15, -0.1) is 0 Å². The smallest absolute Gasteiger partial charge is 0.318 e. The molecular weight excluding hydrogens is 258 g/mol. The molecule has 3 amide bonds. The predicted octanol–water partition coefficient (Wildman–Crippen LogP) is -0.378. The van der Waals surface area contributed by atoms with Gasteiger partial charge in [0.05, 0.1) is 0 Å². The van der Waals surface area contributed by atoms with Crippen molar-refractivity contribution in [2.45, 2.75) is 11.4 Å². The maximum atomic E-state index is 11.3. The first-order valence-electron chi connectivity index (χ1n) is 4.87. The van der Waals surface area contributed by atoms with Crippen LogP contribution in [0.4, 0.5) is 4.79 Å². The number of urea groups is 1. The molecule has 0 unspecified atom stereocenters. The monoisotopic (exact) mass is 270 g/mol. The van der Waals surface area contributed by atoms with Gasteiger partial charge < -0.3 is 5.73 Å². The fourth-order valence-corrected chi connectivity index (χ4v) is 1.76. The van der Waals surface area contributed by atoms with E-state index in [1.165, 1.54) is 18.7 Å². The van der Waals surface area contributed by atoms with E-state index in [1.54, 1.807) is 6.07 Å². The fraction of sp³-hybridized carbons (Fsp3) is 0.200. The van der Waals surface area contributed by atoms with Gasteiger partial charge in [0, 0.05) is 25.3 Å². The van der Waals surface area contributed by atoms with Crippen molar-refractivity contribution in [2.75, 3.05) is 6.26 Å². The summed E-state index contributed by atoms with van der Waals surface area (Å²) in [5.41, 5.74) is 5.29. The van der Waals surface area contributed by atoms with Crippen LogP contribution in [0.15, 0.2) is 23.4 Å². The molecule has 0 spiro atoms. The molecule has 97 valence electrons. The van der Waals surface area contributed by atoms with Crippen LogP contribution in [0.2, 0.25) is 0 Å². The summed E-state index contributed by atoms with van der Waals surface area (Å²) < 4.78 is 22.5. The molecule has 0 saturated heterocycles. The highest BCUT2D eigenvalue weighted by Crippen LogP contribution is 2.10. The quantitative estimate of drug-likeness (QED) is 0.773. The van der Waals surface area contributed by atoms with Crippen LogP contribution in [-0.4, -0.2) is 31.6 Å². The first-order valence-corrected chi connectivity index (χ1v) is 6.77. The zero-order chi connectivity index (χ0) is 13.8. The molecule has 0 aliphatic rings. The van der Waals surface area contributed by atoms with Gasteiger partial charge in [0.1, 0.15) is 0 Å². The number of imide groups is 1. The first-order chi connectivity index (χ1) is 8.29. The summed E-state index contributed by atoms with van der Waals surface area (Å²) >= 11 is 0. The van der Waals surface area contributed by atoms with E-state index in [0.717, 1.165) is 6.26 Å². The normalized spacial score (nSPS) is 10.9. The lowest BCUT2D eigenvalue weighted by atomic mass is 10.1. The second-order valence-electron chi connectivity index (χ2n) is 3.52. The standard InChI is InChI=1S/C10H12N3O4S/c1-18(16,17)9-6-7(4-5-12-9)2-3-8(14)13-10(11)15/h2,4-6H,3H2,1H3,(H3,11,13,14,15). The van der Waals surface area contributed by atoms with Gasteiger partial charge >= 0.3 is 6.03 Å². The maximum Gasteiger partial charge on any atom is 0.318 e. The molecule has 1 rings (SSSR count). The van der Waals surface area contributed by atoms with Gasteiger partial charge in [-0.3, -0.25) is 10.1 Å². The van der Waals surface area contributed by atoms with E-state index in [4.69, 9.17) is 5.73 Å². The zero-order valence-electron chi connectivity index (χ0n) is 9.58. The number of nitrogens with one attached hydrogen (secondary N) is 1. The summed E-state index contributed by atoms with van der Waals surface area (Å²) in [6.07, 6.45) is 3.75. The van der Waals surface area contributed by atoms with Crippen molar-refractivity contribution in [1.29, 1.82) is 0 Å². The number of hydrogen-bond acceptors (Lipinski definition) is 5. The summed E-state index contributed by atoms with van der Waals surface area (Å²) in [4.78, 5) is 25.2. The number of nitrogens with zero attached hydrogens (tertiary/aromatic N) is 1. The minimum atomic E-state index is -3.39. The Hall–Kier alpha value is -1.96. The van der Waals surface area contributed by atoms with Gasteiger partial charge in [-0.1, -0.05) is 0 Å². The van der Waals surface area contributed by atoms with Gasteiger partial charge in [0.2, 0.25) is 5.91 Å². The van der Waals surface area contributed by atoms with E-state index >= 15 is 0 Å². The number of carbonyl (C=O) groups is 2. The van der Waals surface area contributed by atoms with Gasteiger partial charge in [-0.25, -0.2) is 18.2 Å². The fourth-order valence-electron chi connectivity index (χ4n) is 1.15. The highest BCUT2D eigenvalue weighted by atomic mass is 32.2. The summed E-state index contributed by atoms with van der Waals surface area (Å²) in [5, 5.41) is 1.82. The number of hydrogen-bond donors (Lipinski definition) is 2. The third-order valence-electron chi connectivity index (χ3n) is 1.92. The van der Waals surface area contributed by atoms with Crippen LogP contribution in [0.3, 0.4) is 0 Å². The van der Waals surface area contributed by atoms with Crippen molar-refractivity contribution < 1.29 is 18.0 Å². The van der Waals surface area contributed by atoms with E-state index in [0.29, 0.717) is 5.56 Å². The summed E-state index contributed by atoms with van der Waals surface area (Å²) in [6.45, 7) is 0. The number of rotatable bonds is 4. The second-order valence-corrected chi connectivity index (χ2v) is 5.48. The number of pyridine rings is 1. The minimum Gasteiger partial charge on any atom is -0.351 e. The Kier molecular flexibility index (Phi) is 4.38. The van der Waals surface area contributed by atoms with E-state index in [2.05, 4.69) is 4.98 Å². The van der Waals surface area contributed by atoms with Crippen LogP contribution < -0.4 is 11.1 Å². The molecule has 0 fully saturated rings. The molecule has 18 heavy (non-hydrogen) atoms. The van der Waals surface area contributed by atoms with Crippen molar-refractivity contribution in [1.82, 2.24) is 10.3 Å². The molecule has 0 atom stereocenters. The number of sulfone groups is 1. The number of primary amides is 1. The zero-order valence-corrected chi connectivity index (χ0v) is 10.4. The predicted molar refractivity (Wildman–Crippen MR) is 63.1 cm³/mol. The van der Waals surface area contributed by atoms with Crippen LogP contribution in [0, 0.1) is 6.42 Å². The maximum absolute atomic E-state index is 11.3. The Balaban J connectivity index is 2.69. The lowest BCUT2D eigenvalue weighted by Gasteiger charge is -2.03. The first kappa shape index (κ1) is 14.1. The van der Waals surface area contributed by atoms with Crippen LogP contribution in [-0.2, 0) is 14.6 Å². The highest BCUT2D eigenvalue weighted by molar-refractivity contribution is 7.90. The average molecular weight is 270 g/mol. The Bertz CT molecular complexity index is 568. The van der Waals surface area contributed by atoms with Crippen molar-refractivity contribution in [2.24, 2.45) is 5.73 Å². The van der Waals surface area contributed by atoms with Crippen LogP contribution >= 0.6 is 0 Å². The lowest BCUT2D eigenvalue weighted by Crippen LogP contribution is -2.34. The molecular formula is C10H12N3O4S. The van der Waals surface area contributed by atoms with Crippen LogP contribution in [0.1, 0.15) is 12.0 Å². The molecule has 7 nitrogen and oxygen atoms in total. The highest BCUT2D eigenvalue weighted by Gasteiger charge is 2.10. The Morgan fingerprint density at radius 1 is 1.50 bits per heavy atom. The number of carbonyl (C=O) groups excluding carboxylic acids is 2. The topological polar surface area (TPSA) is 119 Å². The summed E-state index contributed by atoms with van der Waals surface area (Å²) in [6, 6.07) is 1.96. The van der Waals surface area contributed by atoms with Crippen molar-refractivity contribution in [3.05, 3.63) is 30.3 Å². The van der Waals surface area contributed by atoms with Crippen molar-refractivity contribution in [3.8, 4) is 0 Å². The Labute approximate surface area is 104 Å². The third-order valence-corrected chi connectivity index (χ3v) is 2.91. The van der Waals surface area contributed by atoms with Crippen molar-refractivity contribution in [3.63, 3.8) is 0 Å². The molecule has 1 radical (unpaired) electrons. The molecule has 0 bridgehead atoms. The molecule has 1 heterocycles. The van der Waals surface area contributed by atoms with Gasteiger partial charge in [0.25, 0.3) is 0 Å². The number of aromatic nitrogens is 1. The molecule has 0 aliphatic heterocycles. The SMILES string of the molecule is CS(=O)(=O)c1cc([CH]CC(=O)NC(N)=O)ccn1. The van der Waals surface area contributed by atoms with Gasteiger partial charge in [-0.2, -0.15) is 0 Å². The van der Waals surface area contributed by atoms with Crippen molar-refractivity contribution >= 4 is 21.8 Å². The number of amides is 3. The minimum absolute atomic E-state index is 0.0773. The van der Waals surface area contributed by atoms with E-state index in [1.807, 2.05) is 5.32 Å². The molecule has 3 N–H and O–H groups in total.